The van der Waals surface area contributed by atoms with Gasteiger partial charge in [0.25, 0.3) is 0 Å². The summed E-state index contributed by atoms with van der Waals surface area (Å²) < 4.78 is 2.12. The van der Waals surface area contributed by atoms with E-state index in [2.05, 4.69) is 34.8 Å². The molecule has 0 radical (unpaired) electrons. The molecule has 0 amide bonds. The number of pyridine rings is 1. The summed E-state index contributed by atoms with van der Waals surface area (Å²) in [5, 5.41) is 3.22. The van der Waals surface area contributed by atoms with Crippen LogP contribution in [0.2, 0.25) is 0 Å². The van der Waals surface area contributed by atoms with Crippen LogP contribution in [0.25, 0.3) is 5.82 Å². The van der Waals surface area contributed by atoms with Crippen molar-refractivity contribution in [3.05, 3.63) is 41.1 Å². The van der Waals surface area contributed by atoms with Crippen LogP contribution in [-0.2, 0) is 13.0 Å². The van der Waals surface area contributed by atoms with E-state index in [0.29, 0.717) is 0 Å². The zero-order valence-electron chi connectivity index (χ0n) is 12.2. The Morgan fingerprint density at radius 2 is 2.11 bits per heavy atom. The topological polar surface area (TPSA) is 42.7 Å². The maximum absolute atomic E-state index is 4.72. The Hall–Kier alpha value is -1.68. The lowest BCUT2D eigenvalue weighted by molar-refractivity contribution is 0.759. The minimum Gasteiger partial charge on any atom is -0.316 e. The number of nitrogens with zero attached hydrogens (tertiary/aromatic N) is 3. The van der Waals surface area contributed by atoms with E-state index in [1.165, 1.54) is 11.1 Å². The Morgan fingerprint density at radius 1 is 1.32 bits per heavy atom. The van der Waals surface area contributed by atoms with Gasteiger partial charge in [0.2, 0.25) is 0 Å². The summed E-state index contributed by atoms with van der Waals surface area (Å²) in [7, 11) is 1.96. The second-order valence-corrected chi connectivity index (χ2v) is 4.88. The SMILES string of the molecule is CCCc1nccn1-c1nc(C)cc(C)c1CNC. The normalized spacial score (nSPS) is 10.9. The van der Waals surface area contributed by atoms with E-state index in [1.54, 1.807) is 0 Å². The Labute approximate surface area is 114 Å². The molecule has 0 aliphatic heterocycles. The standard InChI is InChI=1S/C15H22N4/c1-5-6-14-17-7-8-19(14)15-13(10-16-4)11(2)9-12(3)18-15/h7-9,16H,5-6,10H2,1-4H3. The van der Waals surface area contributed by atoms with E-state index in [-0.39, 0.29) is 0 Å². The number of nitrogens with one attached hydrogen (secondary N) is 1. The molecule has 0 fully saturated rings. The van der Waals surface area contributed by atoms with E-state index in [9.17, 15) is 0 Å². The Balaban J connectivity index is 2.56. The quantitative estimate of drug-likeness (QED) is 0.896. The van der Waals surface area contributed by atoms with Crippen LogP contribution in [0.15, 0.2) is 18.5 Å². The molecule has 2 heterocycles. The van der Waals surface area contributed by atoms with E-state index < -0.39 is 0 Å². The molecular formula is C15H22N4. The van der Waals surface area contributed by atoms with Crippen molar-refractivity contribution in [2.45, 2.75) is 40.2 Å². The molecule has 0 aromatic carbocycles. The lowest BCUT2D eigenvalue weighted by Gasteiger charge is -2.15. The maximum atomic E-state index is 4.72. The third kappa shape index (κ3) is 2.84. The number of aromatic nitrogens is 3. The molecule has 0 unspecified atom stereocenters. The number of hydrogen-bond acceptors (Lipinski definition) is 3. The molecule has 1 N–H and O–H groups in total. The zero-order chi connectivity index (χ0) is 13.8. The first-order valence-electron chi connectivity index (χ1n) is 6.81. The summed E-state index contributed by atoms with van der Waals surface area (Å²) in [4.78, 5) is 9.17. The van der Waals surface area contributed by atoms with Crippen molar-refractivity contribution in [2.24, 2.45) is 0 Å². The third-order valence-electron chi connectivity index (χ3n) is 3.23. The molecule has 0 atom stereocenters. The first kappa shape index (κ1) is 13.7. The van der Waals surface area contributed by atoms with Crippen LogP contribution in [0, 0.1) is 13.8 Å². The Bertz CT molecular complexity index is 557. The van der Waals surface area contributed by atoms with Crippen LogP contribution in [0.1, 0.15) is 36.0 Å². The van der Waals surface area contributed by atoms with Gasteiger partial charge in [0, 0.05) is 36.6 Å². The van der Waals surface area contributed by atoms with Crippen LogP contribution in [0.4, 0.5) is 0 Å². The van der Waals surface area contributed by atoms with Crippen LogP contribution in [-0.4, -0.2) is 21.6 Å². The Kier molecular flexibility index (Phi) is 4.32. The van der Waals surface area contributed by atoms with Crippen molar-refractivity contribution in [1.82, 2.24) is 19.9 Å². The maximum Gasteiger partial charge on any atom is 0.143 e. The van der Waals surface area contributed by atoms with Crippen LogP contribution >= 0.6 is 0 Å². The van der Waals surface area contributed by atoms with Crippen molar-refractivity contribution < 1.29 is 0 Å². The summed E-state index contributed by atoms with van der Waals surface area (Å²) in [5.74, 6) is 2.09. The fourth-order valence-electron chi connectivity index (χ4n) is 2.37. The van der Waals surface area contributed by atoms with Gasteiger partial charge >= 0.3 is 0 Å². The van der Waals surface area contributed by atoms with Crippen molar-refractivity contribution in [1.29, 1.82) is 0 Å². The lowest BCUT2D eigenvalue weighted by Crippen LogP contribution is -2.14. The predicted molar refractivity (Wildman–Crippen MR) is 77.6 cm³/mol. The van der Waals surface area contributed by atoms with Crippen molar-refractivity contribution in [2.75, 3.05) is 7.05 Å². The van der Waals surface area contributed by atoms with Crippen molar-refractivity contribution in [3.63, 3.8) is 0 Å². The molecule has 0 aliphatic carbocycles. The van der Waals surface area contributed by atoms with Gasteiger partial charge in [-0.05, 0) is 38.9 Å². The molecule has 0 saturated heterocycles. The van der Waals surface area contributed by atoms with Gasteiger partial charge < -0.3 is 5.32 Å². The minimum atomic E-state index is 0.818. The molecule has 2 aromatic rings. The van der Waals surface area contributed by atoms with Gasteiger partial charge in [-0.25, -0.2) is 9.97 Å². The number of hydrogen-bond donors (Lipinski definition) is 1. The molecule has 4 heteroatoms. The second-order valence-electron chi connectivity index (χ2n) is 4.88. The van der Waals surface area contributed by atoms with Gasteiger partial charge in [-0.15, -0.1) is 0 Å². The summed E-state index contributed by atoms with van der Waals surface area (Å²) in [6, 6.07) is 2.13. The number of aryl methyl sites for hydroxylation is 3. The smallest absolute Gasteiger partial charge is 0.143 e. The fourth-order valence-corrected chi connectivity index (χ4v) is 2.37. The van der Waals surface area contributed by atoms with Gasteiger partial charge in [0.15, 0.2) is 0 Å². The highest BCUT2D eigenvalue weighted by atomic mass is 15.1. The van der Waals surface area contributed by atoms with Gasteiger partial charge in [0.1, 0.15) is 11.6 Å². The molecule has 0 saturated carbocycles. The first-order valence-corrected chi connectivity index (χ1v) is 6.81. The third-order valence-corrected chi connectivity index (χ3v) is 3.23. The molecule has 19 heavy (non-hydrogen) atoms. The van der Waals surface area contributed by atoms with E-state index in [0.717, 1.165) is 36.7 Å². The summed E-state index contributed by atoms with van der Waals surface area (Å²) >= 11 is 0. The lowest BCUT2D eigenvalue weighted by atomic mass is 10.1. The highest BCUT2D eigenvalue weighted by molar-refractivity contribution is 5.42. The molecule has 102 valence electrons. The molecule has 0 aliphatic rings. The van der Waals surface area contributed by atoms with E-state index in [4.69, 9.17) is 4.98 Å². The number of rotatable bonds is 5. The highest BCUT2D eigenvalue weighted by Gasteiger charge is 2.13. The van der Waals surface area contributed by atoms with Gasteiger partial charge in [-0.2, -0.15) is 0 Å². The van der Waals surface area contributed by atoms with Gasteiger partial charge in [-0.3, -0.25) is 4.57 Å². The summed E-state index contributed by atoms with van der Waals surface area (Å²) in [5.41, 5.74) is 3.56. The van der Waals surface area contributed by atoms with Gasteiger partial charge in [0.05, 0.1) is 0 Å². The monoisotopic (exact) mass is 258 g/mol. The first-order chi connectivity index (χ1) is 9.17. The average molecular weight is 258 g/mol. The molecule has 2 rings (SSSR count). The van der Waals surface area contributed by atoms with Gasteiger partial charge in [-0.1, -0.05) is 6.92 Å². The molecule has 0 bridgehead atoms. The van der Waals surface area contributed by atoms with Crippen LogP contribution < -0.4 is 5.32 Å². The summed E-state index contributed by atoms with van der Waals surface area (Å²) in [6.45, 7) is 7.16. The second kappa shape index (κ2) is 5.97. The van der Waals surface area contributed by atoms with E-state index in [1.807, 2.05) is 26.4 Å². The zero-order valence-corrected chi connectivity index (χ0v) is 12.2. The van der Waals surface area contributed by atoms with Crippen LogP contribution in [0.3, 0.4) is 0 Å². The van der Waals surface area contributed by atoms with Crippen molar-refractivity contribution in [3.8, 4) is 5.82 Å². The Morgan fingerprint density at radius 3 is 2.79 bits per heavy atom. The number of imidazole rings is 1. The van der Waals surface area contributed by atoms with Crippen molar-refractivity contribution >= 4 is 0 Å². The summed E-state index contributed by atoms with van der Waals surface area (Å²) in [6.07, 6.45) is 5.92. The predicted octanol–water partition coefficient (Wildman–Crippen LogP) is 2.56. The molecule has 0 spiro atoms. The average Bonchev–Trinajstić information content (AvgIpc) is 2.81. The minimum absolute atomic E-state index is 0.818. The molecule has 4 nitrogen and oxygen atoms in total. The fraction of sp³-hybridized carbons (Fsp3) is 0.467. The molecule has 2 aromatic heterocycles. The largest absolute Gasteiger partial charge is 0.316 e. The van der Waals surface area contributed by atoms with E-state index >= 15 is 0 Å². The highest BCUT2D eigenvalue weighted by Crippen LogP contribution is 2.19. The van der Waals surface area contributed by atoms with Crippen LogP contribution in [0.5, 0.6) is 0 Å². The molecular weight excluding hydrogens is 236 g/mol.